The minimum absolute atomic E-state index is 0.000520. The molecule has 0 aliphatic rings. The molecule has 0 saturated carbocycles. The lowest BCUT2D eigenvalue weighted by atomic mass is 10.3. The molecule has 0 heterocycles. The molecule has 1 rings (SSSR count). The van der Waals surface area contributed by atoms with Gasteiger partial charge in [-0.1, -0.05) is 10.5 Å². The van der Waals surface area contributed by atoms with Crippen LogP contribution in [-0.4, -0.2) is 13.6 Å². The van der Waals surface area contributed by atoms with E-state index < -0.39 is 0 Å². The van der Waals surface area contributed by atoms with Crippen LogP contribution >= 0.6 is 0 Å². The van der Waals surface area contributed by atoms with Crippen LogP contribution < -0.4 is 10.0 Å². The lowest BCUT2D eigenvalue weighted by Crippen LogP contribution is -2.10. The van der Waals surface area contributed by atoms with Crippen LogP contribution in [0.4, 0.5) is 10.2 Å². The summed E-state index contributed by atoms with van der Waals surface area (Å²) in [6.07, 6.45) is 0. The van der Waals surface area contributed by atoms with Crippen molar-refractivity contribution in [1.82, 2.24) is 0 Å². The molecule has 0 aliphatic carbocycles. The molecule has 0 saturated heterocycles. The monoisotopic (exact) mass is 185 g/mol. The van der Waals surface area contributed by atoms with E-state index in [4.69, 9.17) is 4.74 Å². The fourth-order valence-corrected chi connectivity index (χ4v) is 0.818. The number of carbonyl (C=O) groups is 1. The molecule has 4 nitrogen and oxygen atoms in total. The second kappa shape index (κ2) is 4.30. The van der Waals surface area contributed by atoms with Crippen LogP contribution in [0.2, 0.25) is 0 Å². The summed E-state index contributed by atoms with van der Waals surface area (Å²) in [5.41, 5.74) is 0.0893. The molecule has 0 amide bonds. The normalized spacial score (nSPS) is 9.08. The number of nitrogens with zero attached hydrogens (tertiary/aromatic N) is 1. The molecular formula is C8H8FNO3. The Hall–Kier alpha value is -1.78. The van der Waals surface area contributed by atoms with Gasteiger partial charge in [0.2, 0.25) is 0 Å². The Morgan fingerprint density at radius 1 is 1.54 bits per heavy atom. The number of benzene rings is 1. The number of rotatable bonds is 4. The van der Waals surface area contributed by atoms with Crippen LogP contribution in [0.1, 0.15) is 0 Å². The zero-order valence-electron chi connectivity index (χ0n) is 6.94. The summed E-state index contributed by atoms with van der Waals surface area (Å²) in [6, 6.07) is 6.06. The Morgan fingerprint density at radius 3 is 2.92 bits per heavy atom. The predicted octanol–water partition coefficient (Wildman–Crippen LogP) is 1.47. The van der Waals surface area contributed by atoms with E-state index in [1.165, 1.54) is 19.2 Å². The molecule has 70 valence electrons. The summed E-state index contributed by atoms with van der Waals surface area (Å²) < 4.78 is 17.6. The van der Waals surface area contributed by atoms with Gasteiger partial charge in [0.05, 0.1) is 7.11 Å². The van der Waals surface area contributed by atoms with Gasteiger partial charge in [-0.2, -0.15) is 0 Å². The second-order valence-electron chi connectivity index (χ2n) is 2.15. The summed E-state index contributed by atoms with van der Waals surface area (Å²) in [5, 5.41) is -0.143. The van der Waals surface area contributed by atoms with Crippen molar-refractivity contribution in [2.45, 2.75) is 0 Å². The number of hydrogen-bond acceptors (Lipinski definition) is 4. The maximum atomic E-state index is 12.8. The number of anilines is 1. The lowest BCUT2D eigenvalue weighted by Gasteiger charge is -2.09. The standard InChI is InChI=1S/C8H8FNO3/c1-12-8-4-2-3-7(5-8)10(9)13-6-11/h2-6H,1H3. The smallest absolute Gasteiger partial charge is 0.324 e. The maximum absolute atomic E-state index is 12.8. The average molecular weight is 185 g/mol. The highest BCUT2D eigenvalue weighted by molar-refractivity contribution is 5.49. The molecule has 0 radical (unpaired) electrons. The Labute approximate surface area is 74.4 Å². The SMILES string of the molecule is COc1cccc(N(F)OC=O)c1. The first-order valence-corrected chi connectivity index (χ1v) is 3.48. The van der Waals surface area contributed by atoms with Crippen molar-refractivity contribution >= 4 is 12.2 Å². The van der Waals surface area contributed by atoms with Crippen LogP contribution in [0.25, 0.3) is 0 Å². The molecule has 0 aliphatic heterocycles. The van der Waals surface area contributed by atoms with E-state index in [-0.39, 0.29) is 17.4 Å². The Balaban J connectivity index is 2.81. The van der Waals surface area contributed by atoms with Crippen LogP contribution in [0.5, 0.6) is 5.75 Å². The molecule has 5 heteroatoms. The Morgan fingerprint density at radius 2 is 2.31 bits per heavy atom. The highest BCUT2D eigenvalue weighted by Crippen LogP contribution is 2.20. The van der Waals surface area contributed by atoms with Gasteiger partial charge in [0.1, 0.15) is 11.4 Å². The summed E-state index contributed by atoms with van der Waals surface area (Å²) >= 11 is 0. The molecule has 13 heavy (non-hydrogen) atoms. The third kappa shape index (κ3) is 2.33. The molecule has 0 N–H and O–H groups in total. The van der Waals surface area contributed by atoms with Gasteiger partial charge in [0.15, 0.2) is 0 Å². The first-order chi connectivity index (χ1) is 6.27. The molecular weight excluding hydrogens is 177 g/mol. The lowest BCUT2D eigenvalue weighted by molar-refractivity contribution is -0.135. The fourth-order valence-electron chi connectivity index (χ4n) is 0.818. The van der Waals surface area contributed by atoms with Gasteiger partial charge in [0.25, 0.3) is 0 Å². The van der Waals surface area contributed by atoms with Crippen LogP contribution in [0.3, 0.4) is 0 Å². The average Bonchev–Trinajstić information content (AvgIpc) is 2.18. The van der Waals surface area contributed by atoms with Crippen molar-refractivity contribution in [3.63, 3.8) is 0 Å². The largest absolute Gasteiger partial charge is 0.497 e. The molecule has 0 unspecified atom stereocenters. The highest BCUT2D eigenvalue weighted by atomic mass is 19.2. The zero-order valence-corrected chi connectivity index (χ0v) is 6.94. The number of carbonyl (C=O) groups excluding carboxylic acids is 1. The highest BCUT2D eigenvalue weighted by Gasteiger charge is 2.05. The zero-order chi connectivity index (χ0) is 9.68. The molecule has 0 fully saturated rings. The quantitative estimate of drug-likeness (QED) is 0.404. The van der Waals surface area contributed by atoms with Crippen molar-refractivity contribution in [3.05, 3.63) is 24.3 Å². The first-order valence-electron chi connectivity index (χ1n) is 3.48. The van der Waals surface area contributed by atoms with E-state index in [1.54, 1.807) is 12.1 Å². The van der Waals surface area contributed by atoms with Gasteiger partial charge in [-0.3, -0.25) is 4.79 Å². The first kappa shape index (κ1) is 9.31. The molecule has 0 bridgehead atoms. The number of halogens is 1. The Bertz CT molecular complexity index is 292. The summed E-state index contributed by atoms with van der Waals surface area (Å²) in [7, 11) is 1.46. The van der Waals surface area contributed by atoms with Gasteiger partial charge >= 0.3 is 6.47 Å². The summed E-state index contributed by atoms with van der Waals surface area (Å²) in [6.45, 7) is -0.000520. The third-order valence-corrected chi connectivity index (χ3v) is 1.39. The molecule has 1 aromatic carbocycles. The van der Waals surface area contributed by atoms with Gasteiger partial charge in [-0.05, 0) is 17.4 Å². The molecule has 0 spiro atoms. The van der Waals surface area contributed by atoms with Crippen LogP contribution in [0, 0.1) is 0 Å². The second-order valence-corrected chi connectivity index (χ2v) is 2.15. The Kier molecular flexibility index (Phi) is 3.08. The van der Waals surface area contributed by atoms with Crippen molar-refractivity contribution in [2.24, 2.45) is 0 Å². The van der Waals surface area contributed by atoms with Gasteiger partial charge in [-0.25, -0.2) is 0 Å². The van der Waals surface area contributed by atoms with Crippen molar-refractivity contribution in [1.29, 1.82) is 0 Å². The molecule has 1 aromatic rings. The third-order valence-electron chi connectivity index (χ3n) is 1.39. The van der Waals surface area contributed by atoms with Crippen LogP contribution in [0.15, 0.2) is 24.3 Å². The van der Waals surface area contributed by atoms with E-state index in [9.17, 15) is 9.28 Å². The van der Waals surface area contributed by atoms with Crippen molar-refractivity contribution in [2.75, 3.05) is 12.4 Å². The summed E-state index contributed by atoms with van der Waals surface area (Å²) in [4.78, 5) is 13.8. The minimum Gasteiger partial charge on any atom is -0.497 e. The number of ether oxygens (including phenoxy) is 1. The fraction of sp³-hybridized carbons (Fsp3) is 0.125. The van der Waals surface area contributed by atoms with E-state index >= 15 is 0 Å². The van der Waals surface area contributed by atoms with Crippen LogP contribution in [-0.2, 0) is 9.63 Å². The van der Waals surface area contributed by atoms with Gasteiger partial charge in [-0.15, -0.1) is 0 Å². The van der Waals surface area contributed by atoms with E-state index in [0.717, 1.165) is 0 Å². The predicted molar refractivity (Wildman–Crippen MR) is 43.7 cm³/mol. The van der Waals surface area contributed by atoms with E-state index in [2.05, 4.69) is 4.84 Å². The van der Waals surface area contributed by atoms with Crippen molar-refractivity contribution < 1.29 is 18.9 Å². The van der Waals surface area contributed by atoms with Crippen molar-refractivity contribution in [3.8, 4) is 5.75 Å². The van der Waals surface area contributed by atoms with Gasteiger partial charge in [0, 0.05) is 6.07 Å². The van der Waals surface area contributed by atoms with Gasteiger partial charge < -0.3 is 9.57 Å². The topological polar surface area (TPSA) is 38.8 Å². The molecule has 0 atom stereocenters. The van der Waals surface area contributed by atoms with E-state index in [0.29, 0.717) is 5.75 Å². The number of hydrogen-bond donors (Lipinski definition) is 0. The number of methoxy groups -OCH3 is 1. The molecule has 0 aromatic heterocycles. The summed E-state index contributed by atoms with van der Waals surface area (Å²) in [5.74, 6) is 0.481. The van der Waals surface area contributed by atoms with E-state index in [1.807, 2.05) is 0 Å². The maximum Gasteiger partial charge on any atom is 0.324 e. The minimum atomic E-state index is -0.143.